The van der Waals surface area contributed by atoms with Crippen LogP contribution in [-0.4, -0.2) is 64.8 Å². The minimum atomic E-state index is 0.376. The van der Waals surface area contributed by atoms with Gasteiger partial charge in [-0.2, -0.15) is 0 Å². The molecule has 0 spiro atoms. The van der Waals surface area contributed by atoms with Crippen LogP contribution in [0.3, 0.4) is 0 Å². The van der Waals surface area contributed by atoms with E-state index in [1.807, 2.05) is 42.5 Å². The number of nitrogens with zero attached hydrogens (tertiary/aromatic N) is 2. The average molecular weight is 522 g/mol. The Morgan fingerprint density at radius 3 is 1.95 bits per heavy atom. The molecule has 200 valence electrons. The Kier molecular flexibility index (Phi) is 9.38. The van der Waals surface area contributed by atoms with Crippen LogP contribution in [-0.2, 0) is 9.47 Å². The molecule has 0 unspecified atom stereocenters. The second-order valence-electron chi connectivity index (χ2n) is 7.99. The predicted octanol–water partition coefficient (Wildman–Crippen LogP) is 5.23. The van der Waals surface area contributed by atoms with Crippen LogP contribution in [0, 0.1) is 0 Å². The van der Waals surface area contributed by atoms with Crippen molar-refractivity contribution in [1.82, 2.24) is 9.97 Å². The van der Waals surface area contributed by atoms with Crippen LogP contribution in [0.2, 0.25) is 0 Å². The quantitative estimate of drug-likeness (QED) is 0.222. The van der Waals surface area contributed by atoms with Gasteiger partial charge in [-0.3, -0.25) is 0 Å². The van der Waals surface area contributed by atoms with Gasteiger partial charge in [0.25, 0.3) is 0 Å². The summed E-state index contributed by atoms with van der Waals surface area (Å²) >= 11 is 0. The van der Waals surface area contributed by atoms with Crippen LogP contribution in [0.15, 0.2) is 60.9 Å². The van der Waals surface area contributed by atoms with E-state index in [4.69, 9.17) is 33.2 Å². The summed E-state index contributed by atoms with van der Waals surface area (Å²) in [7, 11) is 6.43. The summed E-state index contributed by atoms with van der Waals surface area (Å²) in [5, 5.41) is 4.14. The summed E-state index contributed by atoms with van der Waals surface area (Å²) in [5.74, 6) is 4.31. The first-order chi connectivity index (χ1) is 18.6. The molecular weight excluding hydrogens is 490 g/mol. The molecule has 38 heavy (non-hydrogen) atoms. The van der Waals surface area contributed by atoms with Crippen molar-refractivity contribution < 1.29 is 33.2 Å². The second-order valence-corrected chi connectivity index (χ2v) is 7.99. The molecule has 0 radical (unpaired) electrons. The number of ether oxygens (including phenoxy) is 7. The molecule has 1 aromatic heterocycles. The van der Waals surface area contributed by atoms with Gasteiger partial charge in [-0.25, -0.2) is 9.97 Å². The summed E-state index contributed by atoms with van der Waals surface area (Å²) in [6.07, 6.45) is 1.50. The van der Waals surface area contributed by atoms with Gasteiger partial charge < -0.3 is 38.5 Å². The van der Waals surface area contributed by atoms with Crippen molar-refractivity contribution in [3.05, 3.63) is 60.9 Å². The van der Waals surface area contributed by atoms with Crippen LogP contribution >= 0.6 is 0 Å². The average Bonchev–Trinajstić information content (AvgIpc) is 2.94. The fraction of sp³-hybridized carbons (Fsp3) is 0.286. The topological polar surface area (TPSA) is 102 Å². The first kappa shape index (κ1) is 26.8. The molecule has 0 aliphatic rings. The number of anilines is 2. The molecular formula is C28H31N3O7. The Morgan fingerprint density at radius 2 is 1.29 bits per heavy atom. The number of rotatable bonds is 14. The summed E-state index contributed by atoms with van der Waals surface area (Å²) in [6.45, 7) is 1.67. The van der Waals surface area contributed by atoms with Crippen molar-refractivity contribution in [2.75, 3.05) is 60.2 Å². The summed E-state index contributed by atoms with van der Waals surface area (Å²) in [4.78, 5) is 8.87. The van der Waals surface area contributed by atoms with E-state index >= 15 is 0 Å². The Labute approximate surface area is 221 Å². The molecule has 0 bridgehead atoms. The monoisotopic (exact) mass is 521 g/mol. The smallest absolute Gasteiger partial charge is 0.164 e. The molecule has 0 atom stereocenters. The minimum Gasteiger partial charge on any atom is -0.493 e. The highest BCUT2D eigenvalue weighted by atomic mass is 16.5. The van der Waals surface area contributed by atoms with E-state index in [1.165, 1.54) is 6.33 Å². The van der Waals surface area contributed by atoms with Gasteiger partial charge in [-0.05, 0) is 42.5 Å². The Morgan fingerprint density at radius 1 is 0.632 bits per heavy atom. The maximum absolute atomic E-state index is 5.97. The van der Waals surface area contributed by atoms with Gasteiger partial charge in [0.2, 0.25) is 0 Å². The molecule has 0 fully saturated rings. The lowest BCUT2D eigenvalue weighted by Gasteiger charge is -2.15. The number of hydrogen-bond acceptors (Lipinski definition) is 10. The third kappa shape index (κ3) is 6.72. The van der Waals surface area contributed by atoms with Gasteiger partial charge >= 0.3 is 0 Å². The zero-order valence-corrected chi connectivity index (χ0v) is 21.9. The lowest BCUT2D eigenvalue weighted by Crippen LogP contribution is -2.09. The van der Waals surface area contributed by atoms with Crippen molar-refractivity contribution in [2.45, 2.75) is 0 Å². The van der Waals surface area contributed by atoms with E-state index in [2.05, 4.69) is 15.3 Å². The largest absolute Gasteiger partial charge is 0.493 e. The second kappa shape index (κ2) is 13.3. The molecule has 4 aromatic rings. The summed E-state index contributed by atoms with van der Waals surface area (Å²) in [5.41, 5.74) is 1.54. The van der Waals surface area contributed by atoms with Gasteiger partial charge in [0.1, 0.15) is 36.9 Å². The molecule has 4 rings (SSSR count). The maximum Gasteiger partial charge on any atom is 0.164 e. The highest BCUT2D eigenvalue weighted by molar-refractivity contribution is 5.93. The molecule has 0 aliphatic heterocycles. The van der Waals surface area contributed by atoms with Gasteiger partial charge in [0, 0.05) is 37.4 Å². The summed E-state index contributed by atoms with van der Waals surface area (Å²) in [6, 6.07) is 16.6. The van der Waals surface area contributed by atoms with Crippen LogP contribution in [0.4, 0.5) is 11.5 Å². The van der Waals surface area contributed by atoms with Crippen molar-refractivity contribution in [3.8, 4) is 34.5 Å². The molecule has 0 aliphatic carbocycles. The third-order valence-electron chi connectivity index (χ3n) is 5.50. The molecule has 0 saturated carbocycles. The zero-order chi connectivity index (χ0) is 26.7. The van der Waals surface area contributed by atoms with E-state index in [0.717, 1.165) is 11.1 Å². The van der Waals surface area contributed by atoms with Crippen LogP contribution in [0.25, 0.3) is 10.9 Å². The van der Waals surface area contributed by atoms with E-state index in [-0.39, 0.29) is 0 Å². The SMILES string of the molecule is COCCOc1cc2ncnc(Nc3ccc(Oc4ccc(OC)c(OC)c4)cc3)c2cc1OCCOC. The molecule has 3 aromatic carbocycles. The van der Waals surface area contributed by atoms with Crippen molar-refractivity contribution in [3.63, 3.8) is 0 Å². The predicted molar refractivity (Wildman–Crippen MR) is 144 cm³/mol. The van der Waals surface area contributed by atoms with Crippen LogP contribution < -0.4 is 29.0 Å². The first-order valence-electron chi connectivity index (χ1n) is 11.9. The van der Waals surface area contributed by atoms with E-state index in [1.54, 1.807) is 40.6 Å². The first-order valence-corrected chi connectivity index (χ1v) is 11.9. The third-order valence-corrected chi connectivity index (χ3v) is 5.50. The van der Waals surface area contributed by atoms with Gasteiger partial charge in [-0.15, -0.1) is 0 Å². The van der Waals surface area contributed by atoms with Gasteiger partial charge in [-0.1, -0.05) is 0 Å². The molecule has 10 heteroatoms. The number of methoxy groups -OCH3 is 4. The van der Waals surface area contributed by atoms with Gasteiger partial charge in [0.15, 0.2) is 23.0 Å². The normalized spacial score (nSPS) is 10.7. The van der Waals surface area contributed by atoms with E-state index in [9.17, 15) is 0 Å². The van der Waals surface area contributed by atoms with Crippen molar-refractivity contribution in [2.24, 2.45) is 0 Å². The number of nitrogens with one attached hydrogen (secondary N) is 1. The Balaban J connectivity index is 1.53. The van der Waals surface area contributed by atoms with Crippen molar-refractivity contribution >= 4 is 22.4 Å². The fourth-order valence-corrected chi connectivity index (χ4v) is 3.62. The number of benzene rings is 3. The zero-order valence-electron chi connectivity index (χ0n) is 21.9. The highest BCUT2D eigenvalue weighted by Gasteiger charge is 2.13. The number of fused-ring (bicyclic) bond motifs is 1. The maximum atomic E-state index is 5.97. The standard InChI is InChI=1S/C28H31N3O7/c1-32-11-13-36-26-16-22-23(17-27(26)37-14-12-33-2)29-18-30-28(22)31-19-5-7-20(8-6-19)38-21-9-10-24(34-3)25(15-21)35-4/h5-10,15-18H,11-14H2,1-4H3,(H,29,30,31). The Hall–Kier alpha value is -4.28. The molecule has 0 amide bonds. The lowest BCUT2D eigenvalue weighted by molar-refractivity contribution is 0.132. The van der Waals surface area contributed by atoms with Gasteiger partial charge in [0.05, 0.1) is 33.0 Å². The van der Waals surface area contributed by atoms with Crippen LogP contribution in [0.5, 0.6) is 34.5 Å². The Bertz CT molecular complexity index is 1330. The number of aromatic nitrogens is 2. The molecule has 10 nitrogen and oxygen atoms in total. The minimum absolute atomic E-state index is 0.376. The van der Waals surface area contributed by atoms with E-state index in [0.29, 0.717) is 72.3 Å². The molecule has 1 N–H and O–H groups in total. The van der Waals surface area contributed by atoms with Crippen LogP contribution in [0.1, 0.15) is 0 Å². The lowest BCUT2D eigenvalue weighted by atomic mass is 10.2. The summed E-state index contributed by atoms with van der Waals surface area (Å²) < 4.78 is 38.6. The molecule has 1 heterocycles. The van der Waals surface area contributed by atoms with E-state index < -0.39 is 0 Å². The fourth-order valence-electron chi connectivity index (χ4n) is 3.62. The number of hydrogen-bond donors (Lipinski definition) is 1. The highest BCUT2D eigenvalue weighted by Crippen LogP contribution is 2.36. The van der Waals surface area contributed by atoms with Crippen molar-refractivity contribution in [1.29, 1.82) is 0 Å². The molecule has 0 saturated heterocycles.